The van der Waals surface area contributed by atoms with Crippen molar-refractivity contribution in [1.29, 1.82) is 0 Å². The molecule has 1 aliphatic heterocycles. The Balaban J connectivity index is 1.58. The molecule has 0 unspecified atom stereocenters. The number of halogens is 4. The van der Waals surface area contributed by atoms with Crippen molar-refractivity contribution in [3.8, 4) is 0 Å². The number of carbonyl (C=O) groups excluding carboxylic acids is 1. The second kappa shape index (κ2) is 9.40. The van der Waals surface area contributed by atoms with Gasteiger partial charge in [0.2, 0.25) is 0 Å². The first kappa shape index (κ1) is 24.2. The maximum atomic E-state index is 13.8. The fourth-order valence-corrected chi connectivity index (χ4v) is 4.11. The normalized spacial score (nSPS) is 14.0. The number of alkyl halides is 4. The molecule has 0 aliphatic carbocycles. The van der Waals surface area contributed by atoms with Crippen LogP contribution in [-0.4, -0.2) is 33.3 Å². The number of fused-ring (bicyclic) bond motifs is 1. The van der Waals surface area contributed by atoms with Crippen LogP contribution in [0.15, 0.2) is 48.5 Å². The summed E-state index contributed by atoms with van der Waals surface area (Å²) in [5.41, 5.74) is 0.356. The zero-order valence-electron chi connectivity index (χ0n) is 18.6. The molecule has 7 nitrogen and oxygen atoms in total. The van der Waals surface area contributed by atoms with Crippen molar-refractivity contribution >= 4 is 17.7 Å². The minimum absolute atomic E-state index is 0.0333. The summed E-state index contributed by atoms with van der Waals surface area (Å²) >= 11 is 0. The van der Waals surface area contributed by atoms with Gasteiger partial charge in [-0.2, -0.15) is 18.3 Å². The smallest absolute Gasteiger partial charge is 0.416 e. The van der Waals surface area contributed by atoms with Gasteiger partial charge in [0.1, 0.15) is 23.7 Å². The predicted molar refractivity (Wildman–Crippen MR) is 119 cm³/mol. The van der Waals surface area contributed by atoms with Crippen LogP contribution >= 0.6 is 0 Å². The fourth-order valence-electron chi connectivity index (χ4n) is 4.11. The molecule has 0 spiro atoms. The Morgan fingerprint density at radius 2 is 1.86 bits per heavy atom. The molecule has 0 saturated carbocycles. The van der Waals surface area contributed by atoms with Gasteiger partial charge in [0.25, 0.3) is 5.91 Å². The number of rotatable bonds is 7. The Morgan fingerprint density at radius 1 is 1.14 bits per heavy atom. The summed E-state index contributed by atoms with van der Waals surface area (Å²) in [5, 5.41) is 16.0. The number of anilines is 1. The Bertz CT molecular complexity index is 1250. The molecule has 1 aromatic heterocycles. The predicted octanol–water partition coefficient (Wildman–Crippen LogP) is 4.58. The average molecular weight is 490 g/mol. The van der Waals surface area contributed by atoms with E-state index in [9.17, 15) is 27.2 Å². The first-order valence-electron chi connectivity index (χ1n) is 10.8. The monoisotopic (exact) mass is 490 g/mol. The minimum Gasteiger partial charge on any atom is -0.478 e. The molecule has 2 N–H and O–H groups in total. The first-order chi connectivity index (χ1) is 16.6. The number of benzene rings is 2. The second-order valence-corrected chi connectivity index (χ2v) is 8.24. The highest BCUT2D eigenvalue weighted by Crippen LogP contribution is 2.33. The maximum Gasteiger partial charge on any atom is 0.416 e. The minimum atomic E-state index is -4.48. The van der Waals surface area contributed by atoms with Gasteiger partial charge in [-0.1, -0.05) is 24.3 Å². The molecule has 0 bridgehead atoms. The molecule has 0 saturated heterocycles. The van der Waals surface area contributed by atoms with Gasteiger partial charge in [-0.05, 0) is 42.3 Å². The van der Waals surface area contributed by atoms with E-state index in [1.807, 2.05) is 0 Å². The third-order valence-electron chi connectivity index (χ3n) is 5.87. The number of nitrogens with one attached hydrogen (secondary N) is 1. The Kier molecular flexibility index (Phi) is 6.51. The molecular weight excluding hydrogens is 468 g/mol. The van der Waals surface area contributed by atoms with Crippen molar-refractivity contribution in [2.75, 3.05) is 11.4 Å². The molecule has 0 radical (unpaired) electrons. The molecule has 3 aromatic rings. The van der Waals surface area contributed by atoms with Crippen LogP contribution < -0.4 is 10.2 Å². The number of hydrogen-bond acceptors (Lipinski definition) is 4. The molecule has 35 heavy (non-hydrogen) atoms. The van der Waals surface area contributed by atoms with Crippen molar-refractivity contribution in [3.05, 3.63) is 82.0 Å². The molecule has 2 aromatic carbocycles. The van der Waals surface area contributed by atoms with E-state index in [-0.39, 0.29) is 23.4 Å². The Hall–Kier alpha value is -3.89. The van der Waals surface area contributed by atoms with E-state index in [1.165, 1.54) is 22.9 Å². The zero-order valence-corrected chi connectivity index (χ0v) is 18.6. The summed E-state index contributed by atoms with van der Waals surface area (Å²) in [6.07, 6.45) is -4.48. The first-order valence-corrected chi connectivity index (χ1v) is 10.8. The lowest BCUT2D eigenvalue weighted by Crippen LogP contribution is -2.30. The summed E-state index contributed by atoms with van der Waals surface area (Å²) in [4.78, 5) is 25.9. The molecule has 4 rings (SSSR count). The summed E-state index contributed by atoms with van der Waals surface area (Å²) in [7, 11) is 0. The highest BCUT2D eigenvalue weighted by molar-refractivity contribution is 6.00. The van der Waals surface area contributed by atoms with E-state index in [2.05, 4.69) is 10.4 Å². The van der Waals surface area contributed by atoms with Gasteiger partial charge in [-0.25, -0.2) is 13.9 Å². The van der Waals surface area contributed by atoms with E-state index in [0.29, 0.717) is 30.0 Å². The lowest BCUT2D eigenvalue weighted by atomic mass is 10.1. The van der Waals surface area contributed by atoms with E-state index in [4.69, 9.17) is 5.11 Å². The molecule has 184 valence electrons. The third-order valence-corrected chi connectivity index (χ3v) is 5.87. The van der Waals surface area contributed by atoms with Crippen molar-refractivity contribution in [2.24, 2.45) is 0 Å². The molecule has 1 aliphatic rings. The number of carboxylic acids is 1. The second-order valence-electron chi connectivity index (χ2n) is 8.24. The van der Waals surface area contributed by atoms with Crippen LogP contribution in [0.25, 0.3) is 0 Å². The standard InChI is InChI=1S/C24H22F4N4O3/c1-14(16-5-7-17(8-6-16)23(34)35)29-21(33)20-19(12-25)30-32-10-9-31(22(20)32)13-15-3-2-4-18(11-15)24(26,27)28/h2-8,11,14H,9-10,12-13H2,1H3,(H,29,33)(H,34,35)/t14-/m0/s1. The summed E-state index contributed by atoms with van der Waals surface area (Å²) in [6, 6.07) is 10.4. The van der Waals surface area contributed by atoms with Crippen LogP contribution in [0.3, 0.4) is 0 Å². The summed E-state index contributed by atoms with van der Waals surface area (Å²) in [5.74, 6) is -1.30. The van der Waals surface area contributed by atoms with Crippen molar-refractivity contribution in [2.45, 2.75) is 38.9 Å². The third kappa shape index (κ3) is 4.98. The quantitative estimate of drug-likeness (QED) is 0.474. The van der Waals surface area contributed by atoms with Gasteiger partial charge in [-0.3, -0.25) is 4.79 Å². The molecule has 1 amide bonds. The highest BCUT2D eigenvalue weighted by atomic mass is 19.4. The van der Waals surface area contributed by atoms with Crippen LogP contribution in [-0.2, 0) is 25.9 Å². The van der Waals surface area contributed by atoms with Gasteiger partial charge < -0.3 is 15.3 Å². The van der Waals surface area contributed by atoms with Gasteiger partial charge in [0, 0.05) is 13.1 Å². The van der Waals surface area contributed by atoms with Crippen LogP contribution in [0, 0.1) is 0 Å². The number of hydrogen-bond donors (Lipinski definition) is 2. The Morgan fingerprint density at radius 3 is 2.49 bits per heavy atom. The fraction of sp³-hybridized carbons (Fsp3) is 0.292. The number of aromatic nitrogens is 2. The number of carboxylic acid groups (broad SMARTS) is 1. The van der Waals surface area contributed by atoms with Crippen LogP contribution in [0.1, 0.15) is 56.1 Å². The van der Waals surface area contributed by atoms with E-state index >= 15 is 0 Å². The van der Waals surface area contributed by atoms with E-state index in [1.54, 1.807) is 30.0 Å². The van der Waals surface area contributed by atoms with Gasteiger partial charge in [-0.15, -0.1) is 0 Å². The molecule has 0 fully saturated rings. The Labute approximate surface area is 198 Å². The summed E-state index contributed by atoms with van der Waals surface area (Å²) in [6.45, 7) is 1.57. The van der Waals surface area contributed by atoms with Gasteiger partial charge >= 0.3 is 12.1 Å². The van der Waals surface area contributed by atoms with E-state index in [0.717, 1.165) is 12.1 Å². The van der Waals surface area contributed by atoms with Crippen molar-refractivity contribution < 1.29 is 32.3 Å². The SMILES string of the molecule is C[C@H](NC(=O)c1c(CF)nn2c1N(Cc1cccc(C(F)(F)F)c1)CC2)c1ccc(C(=O)O)cc1. The van der Waals surface area contributed by atoms with Crippen molar-refractivity contribution in [1.82, 2.24) is 15.1 Å². The topological polar surface area (TPSA) is 87.5 Å². The zero-order chi connectivity index (χ0) is 25.3. The van der Waals surface area contributed by atoms with Crippen LogP contribution in [0.2, 0.25) is 0 Å². The van der Waals surface area contributed by atoms with Crippen LogP contribution in [0.5, 0.6) is 0 Å². The average Bonchev–Trinajstić information content (AvgIpc) is 3.38. The number of nitrogens with zero attached hydrogens (tertiary/aromatic N) is 3. The van der Waals surface area contributed by atoms with Gasteiger partial charge in [0.05, 0.1) is 23.7 Å². The number of carbonyl (C=O) groups is 2. The molecule has 2 heterocycles. The van der Waals surface area contributed by atoms with Crippen molar-refractivity contribution in [3.63, 3.8) is 0 Å². The maximum absolute atomic E-state index is 13.8. The van der Waals surface area contributed by atoms with Gasteiger partial charge in [0.15, 0.2) is 0 Å². The highest BCUT2D eigenvalue weighted by Gasteiger charge is 2.33. The molecular formula is C24H22F4N4O3. The lowest BCUT2D eigenvalue weighted by molar-refractivity contribution is -0.137. The molecule has 11 heteroatoms. The largest absolute Gasteiger partial charge is 0.478 e. The summed E-state index contributed by atoms with van der Waals surface area (Å²) < 4.78 is 54.6. The molecule has 1 atom stereocenters. The number of aromatic carboxylic acids is 1. The lowest BCUT2D eigenvalue weighted by Gasteiger charge is -2.21. The number of amides is 1. The van der Waals surface area contributed by atoms with Crippen LogP contribution in [0.4, 0.5) is 23.4 Å². The van der Waals surface area contributed by atoms with E-state index < -0.39 is 36.3 Å².